The average Bonchev–Trinajstić information content (AvgIpc) is 3.16. The van der Waals surface area contributed by atoms with Gasteiger partial charge in [-0.2, -0.15) is 0 Å². The van der Waals surface area contributed by atoms with E-state index in [1.165, 1.54) is 36.0 Å². The van der Waals surface area contributed by atoms with Gasteiger partial charge >= 0.3 is 0 Å². The lowest BCUT2D eigenvalue weighted by atomic mass is 9.89. The van der Waals surface area contributed by atoms with E-state index in [-0.39, 0.29) is 0 Å². The topological polar surface area (TPSA) is 37.8 Å². The van der Waals surface area contributed by atoms with Crippen molar-refractivity contribution in [2.45, 2.75) is 25.7 Å². The summed E-state index contributed by atoms with van der Waals surface area (Å²) in [5.41, 5.74) is 6.04. The number of thiophene rings is 1. The molecule has 0 atom stereocenters. The van der Waals surface area contributed by atoms with Crippen LogP contribution in [-0.2, 0) is 12.8 Å². The Kier molecular flexibility index (Phi) is 4.71. The third-order valence-corrected chi connectivity index (χ3v) is 6.94. The van der Waals surface area contributed by atoms with E-state index in [1.54, 1.807) is 23.7 Å². The Morgan fingerprint density at radius 3 is 2.71 bits per heavy atom. The number of benzene rings is 2. The molecule has 0 spiro atoms. The van der Waals surface area contributed by atoms with E-state index >= 15 is 0 Å². The normalized spacial score (nSPS) is 13.5. The van der Waals surface area contributed by atoms with E-state index in [4.69, 9.17) is 23.2 Å². The molecule has 5 rings (SSSR count). The van der Waals surface area contributed by atoms with Crippen LogP contribution < -0.4 is 5.32 Å². The van der Waals surface area contributed by atoms with E-state index in [1.807, 2.05) is 12.1 Å². The van der Waals surface area contributed by atoms with Crippen LogP contribution in [0.4, 0.5) is 11.5 Å². The number of hydrogen-bond acceptors (Lipinski definition) is 4. The Labute approximate surface area is 177 Å². The van der Waals surface area contributed by atoms with Crippen LogP contribution in [-0.4, -0.2) is 9.97 Å². The summed E-state index contributed by atoms with van der Waals surface area (Å²) in [7, 11) is 0. The molecule has 1 aliphatic carbocycles. The van der Waals surface area contributed by atoms with Crippen molar-refractivity contribution in [3.8, 4) is 11.1 Å². The molecule has 0 aliphatic heterocycles. The summed E-state index contributed by atoms with van der Waals surface area (Å²) in [4.78, 5) is 9.91. The van der Waals surface area contributed by atoms with Gasteiger partial charge < -0.3 is 5.32 Å². The zero-order chi connectivity index (χ0) is 19.1. The van der Waals surface area contributed by atoms with E-state index < -0.39 is 0 Å². The summed E-state index contributed by atoms with van der Waals surface area (Å²) in [6.07, 6.45) is 6.48. The summed E-state index contributed by atoms with van der Waals surface area (Å²) in [5.74, 6) is 0.739. The SMILES string of the molecule is Clc1cccc(Nc2ncnc3scc(-c4ccc5c(c4)CCCC5)c23)c1Cl. The molecule has 2 aromatic heterocycles. The molecule has 2 heterocycles. The van der Waals surface area contributed by atoms with Gasteiger partial charge in [0.15, 0.2) is 0 Å². The molecule has 0 saturated heterocycles. The van der Waals surface area contributed by atoms with Crippen molar-refractivity contribution in [3.05, 3.63) is 69.3 Å². The minimum absolute atomic E-state index is 0.487. The fourth-order valence-electron chi connectivity index (χ4n) is 3.81. The molecule has 0 unspecified atom stereocenters. The predicted molar refractivity (Wildman–Crippen MR) is 119 cm³/mol. The van der Waals surface area contributed by atoms with E-state index in [9.17, 15) is 0 Å². The first-order valence-electron chi connectivity index (χ1n) is 9.26. The molecule has 0 bridgehead atoms. The molecule has 0 fully saturated rings. The standard InChI is InChI=1S/C22H17Cl2N3S/c23-17-6-3-7-18(20(17)24)27-21-19-16(11-28-22(19)26-12-25-21)15-9-8-13-4-1-2-5-14(13)10-15/h3,6-12H,1-2,4-5H2,(H,25,26,27). The Hall–Kier alpha value is -2.14. The van der Waals surface area contributed by atoms with Crippen LogP contribution in [0.5, 0.6) is 0 Å². The number of fused-ring (bicyclic) bond motifs is 2. The molecule has 1 aliphatic rings. The molecule has 4 aromatic rings. The number of rotatable bonds is 3. The first-order chi connectivity index (χ1) is 13.7. The number of nitrogens with zero attached hydrogens (tertiary/aromatic N) is 2. The maximum absolute atomic E-state index is 6.37. The van der Waals surface area contributed by atoms with Crippen LogP contribution in [0.2, 0.25) is 10.0 Å². The van der Waals surface area contributed by atoms with Crippen molar-refractivity contribution in [3.63, 3.8) is 0 Å². The summed E-state index contributed by atoms with van der Waals surface area (Å²) in [6.45, 7) is 0. The van der Waals surface area contributed by atoms with Gasteiger partial charge in [-0.15, -0.1) is 11.3 Å². The molecular weight excluding hydrogens is 409 g/mol. The van der Waals surface area contributed by atoms with Gasteiger partial charge in [-0.05, 0) is 54.5 Å². The molecule has 0 amide bonds. The van der Waals surface area contributed by atoms with E-state index in [2.05, 4.69) is 38.9 Å². The van der Waals surface area contributed by atoms with Gasteiger partial charge in [-0.25, -0.2) is 9.97 Å². The molecule has 28 heavy (non-hydrogen) atoms. The molecule has 2 aromatic carbocycles. The molecule has 0 radical (unpaired) electrons. The van der Waals surface area contributed by atoms with Crippen molar-refractivity contribution in [2.75, 3.05) is 5.32 Å². The summed E-state index contributed by atoms with van der Waals surface area (Å²) in [5, 5.41) is 7.53. The zero-order valence-electron chi connectivity index (χ0n) is 15.0. The van der Waals surface area contributed by atoms with Crippen LogP contribution in [0.15, 0.2) is 48.1 Å². The molecule has 140 valence electrons. The monoisotopic (exact) mass is 425 g/mol. The molecule has 6 heteroatoms. The van der Waals surface area contributed by atoms with Gasteiger partial charge in [-0.3, -0.25) is 0 Å². The Morgan fingerprint density at radius 1 is 0.964 bits per heavy atom. The van der Waals surface area contributed by atoms with Crippen molar-refractivity contribution < 1.29 is 0 Å². The van der Waals surface area contributed by atoms with Crippen LogP contribution in [0.1, 0.15) is 24.0 Å². The maximum Gasteiger partial charge on any atom is 0.143 e. The number of aromatic nitrogens is 2. The summed E-state index contributed by atoms with van der Waals surface area (Å²) >= 11 is 14.2. The number of halogens is 2. The van der Waals surface area contributed by atoms with Crippen LogP contribution >= 0.6 is 34.5 Å². The highest BCUT2D eigenvalue weighted by atomic mass is 35.5. The van der Waals surface area contributed by atoms with E-state index in [0.717, 1.165) is 33.7 Å². The van der Waals surface area contributed by atoms with Crippen molar-refractivity contribution in [1.82, 2.24) is 9.97 Å². The number of hydrogen-bond donors (Lipinski definition) is 1. The van der Waals surface area contributed by atoms with Gasteiger partial charge in [0.25, 0.3) is 0 Å². The average molecular weight is 426 g/mol. The van der Waals surface area contributed by atoms with Gasteiger partial charge in [0.1, 0.15) is 17.0 Å². The van der Waals surface area contributed by atoms with Crippen molar-refractivity contribution >= 4 is 56.3 Å². The third kappa shape index (κ3) is 3.16. The van der Waals surface area contributed by atoms with Crippen LogP contribution in [0, 0.1) is 0 Å². The Morgan fingerprint density at radius 2 is 1.82 bits per heavy atom. The highest BCUT2D eigenvalue weighted by Crippen LogP contribution is 2.40. The highest BCUT2D eigenvalue weighted by molar-refractivity contribution is 7.17. The predicted octanol–water partition coefficient (Wildman–Crippen LogP) is 7.29. The van der Waals surface area contributed by atoms with Crippen molar-refractivity contribution in [2.24, 2.45) is 0 Å². The van der Waals surface area contributed by atoms with E-state index in [0.29, 0.717) is 10.0 Å². The smallest absolute Gasteiger partial charge is 0.143 e. The second-order valence-electron chi connectivity index (χ2n) is 6.97. The molecular formula is C22H17Cl2N3S. The molecule has 3 nitrogen and oxygen atoms in total. The third-order valence-electron chi connectivity index (χ3n) is 5.23. The molecule has 1 N–H and O–H groups in total. The maximum atomic E-state index is 6.37. The lowest BCUT2D eigenvalue weighted by molar-refractivity contribution is 0.686. The van der Waals surface area contributed by atoms with Gasteiger partial charge in [0.2, 0.25) is 0 Å². The fourth-order valence-corrected chi connectivity index (χ4v) is 5.07. The summed E-state index contributed by atoms with van der Waals surface area (Å²) in [6, 6.07) is 12.4. The lowest BCUT2D eigenvalue weighted by Crippen LogP contribution is -2.02. The van der Waals surface area contributed by atoms with Crippen LogP contribution in [0.3, 0.4) is 0 Å². The number of aryl methyl sites for hydroxylation is 2. The van der Waals surface area contributed by atoms with Crippen molar-refractivity contribution in [1.29, 1.82) is 0 Å². The second kappa shape index (κ2) is 7.36. The van der Waals surface area contributed by atoms with Gasteiger partial charge in [0, 0.05) is 10.9 Å². The highest BCUT2D eigenvalue weighted by Gasteiger charge is 2.17. The summed E-state index contributed by atoms with van der Waals surface area (Å²) < 4.78 is 0. The van der Waals surface area contributed by atoms with Gasteiger partial charge in [0.05, 0.1) is 21.1 Å². The quantitative estimate of drug-likeness (QED) is 0.374. The molecule has 0 saturated carbocycles. The fraction of sp³-hybridized carbons (Fsp3) is 0.182. The minimum atomic E-state index is 0.487. The largest absolute Gasteiger partial charge is 0.338 e. The number of nitrogens with one attached hydrogen (secondary N) is 1. The first-order valence-corrected chi connectivity index (χ1v) is 10.9. The first kappa shape index (κ1) is 17.9. The second-order valence-corrected chi connectivity index (χ2v) is 8.61. The van der Waals surface area contributed by atoms with Gasteiger partial charge in [-0.1, -0.05) is 47.5 Å². The lowest BCUT2D eigenvalue weighted by Gasteiger charge is -2.16. The van der Waals surface area contributed by atoms with Crippen LogP contribution in [0.25, 0.3) is 21.3 Å². The Balaban J connectivity index is 1.62. The minimum Gasteiger partial charge on any atom is -0.338 e. The zero-order valence-corrected chi connectivity index (χ0v) is 17.3. The number of anilines is 2. The Bertz CT molecular complexity index is 1190.